The Kier molecular flexibility index (Phi) is 10.1. The maximum absolute atomic E-state index is 11.9. The summed E-state index contributed by atoms with van der Waals surface area (Å²) in [5.74, 6) is 2.79. The molecule has 0 saturated heterocycles. The topological polar surface area (TPSA) is 44.8 Å². The van der Waals surface area contributed by atoms with E-state index in [1.807, 2.05) is 0 Å². The van der Waals surface area contributed by atoms with E-state index in [1.165, 1.54) is 58.5 Å². The molecule has 0 aliphatic heterocycles. The zero-order valence-electron chi connectivity index (χ0n) is 27.8. The van der Waals surface area contributed by atoms with Crippen LogP contribution in [0.15, 0.2) is 35.5 Å². The van der Waals surface area contributed by atoms with Gasteiger partial charge in [0.25, 0.3) is 0 Å². The lowest BCUT2D eigenvalue weighted by Crippen LogP contribution is -2.51. The highest BCUT2D eigenvalue weighted by Crippen LogP contribution is 2.66. The first-order valence-corrected chi connectivity index (χ1v) is 19.4. The van der Waals surface area contributed by atoms with Gasteiger partial charge in [-0.1, -0.05) is 90.3 Å². The monoisotopic (exact) mass is 584 g/mol. The lowest BCUT2D eigenvalue weighted by atomic mass is 9.50. The van der Waals surface area contributed by atoms with Crippen molar-refractivity contribution in [3.63, 3.8) is 0 Å². The summed E-state index contributed by atoms with van der Waals surface area (Å²) in [5.41, 5.74) is 3.73. The number of hydrogen-bond donors (Lipinski definition) is 0. The van der Waals surface area contributed by atoms with Gasteiger partial charge in [-0.25, -0.2) is 4.79 Å². The molecule has 0 radical (unpaired) electrons. The Hall–Kier alpha value is -1.33. The molecule has 3 fully saturated rings. The fourth-order valence-electron chi connectivity index (χ4n) is 9.60. The summed E-state index contributed by atoms with van der Waals surface area (Å²) in [6.45, 7) is 19.0. The summed E-state index contributed by atoms with van der Waals surface area (Å²) in [6.07, 6.45) is 20.1. The standard InChI is InChI=1S/C36H60O4Si/c1-10-41(11-2,12-3)40-36(8,25-39-33(37)38-9)27(5)17-16-26(4)30-20-21-31-29-19-18-28-15-13-14-23-34(28,6)32(29)22-24-35(30,31)7/h16-19,26-27,30-32H,10-15,20-25H2,1-9H3/t26-,27+,30-,31+,32+,34+,35-,36?/m1/s1. The van der Waals surface area contributed by atoms with Crippen molar-refractivity contribution < 1.29 is 18.7 Å². The van der Waals surface area contributed by atoms with Crippen molar-refractivity contribution in [2.75, 3.05) is 13.7 Å². The molecule has 0 aromatic rings. The minimum absolute atomic E-state index is 0.114. The van der Waals surface area contributed by atoms with Crippen molar-refractivity contribution in [1.82, 2.24) is 0 Å². The Morgan fingerprint density at radius 3 is 2.39 bits per heavy atom. The maximum atomic E-state index is 11.9. The van der Waals surface area contributed by atoms with Gasteiger partial charge in [0.1, 0.15) is 6.61 Å². The van der Waals surface area contributed by atoms with Crippen LogP contribution in [0.25, 0.3) is 0 Å². The minimum atomic E-state index is -1.93. The quantitative estimate of drug-likeness (QED) is 0.138. The molecule has 3 saturated carbocycles. The highest BCUT2D eigenvalue weighted by Gasteiger charge is 2.56. The number of carbonyl (C=O) groups is 1. The molecular weight excluding hydrogens is 524 g/mol. The van der Waals surface area contributed by atoms with E-state index in [9.17, 15) is 4.79 Å². The van der Waals surface area contributed by atoms with Gasteiger partial charge in [-0.3, -0.25) is 0 Å². The zero-order valence-corrected chi connectivity index (χ0v) is 28.8. The van der Waals surface area contributed by atoms with Crippen LogP contribution in [0.4, 0.5) is 4.79 Å². The third kappa shape index (κ3) is 6.05. The van der Waals surface area contributed by atoms with E-state index >= 15 is 0 Å². The largest absolute Gasteiger partial charge is 0.508 e. The van der Waals surface area contributed by atoms with Crippen LogP contribution >= 0.6 is 0 Å². The number of hydrogen-bond acceptors (Lipinski definition) is 4. The van der Waals surface area contributed by atoms with Crippen molar-refractivity contribution in [3.05, 3.63) is 35.5 Å². The average Bonchev–Trinajstić information content (AvgIpc) is 3.34. The first kappa shape index (κ1) is 32.6. The molecule has 0 heterocycles. The summed E-state index contributed by atoms with van der Waals surface area (Å²) in [5, 5.41) is 0. The minimum Gasteiger partial charge on any atom is -0.438 e. The first-order chi connectivity index (χ1) is 19.4. The molecule has 232 valence electrons. The molecule has 0 spiro atoms. The molecule has 4 aliphatic carbocycles. The Morgan fingerprint density at radius 1 is 1.02 bits per heavy atom. The number of rotatable bonds is 11. The Balaban J connectivity index is 1.51. The van der Waals surface area contributed by atoms with Crippen LogP contribution in [0.2, 0.25) is 18.1 Å². The molecule has 5 heteroatoms. The average molecular weight is 585 g/mol. The van der Waals surface area contributed by atoms with Crippen molar-refractivity contribution in [1.29, 1.82) is 0 Å². The molecule has 0 aromatic carbocycles. The van der Waals surface area contributed by atoms with Gasteiger partial charge in [-0.15, -0.1) is 0 Å². The Labute approximate surface area is 252 Å². The normalized spacial score (nSPS) is 34.4. The van der Waals surface area contributed by atoms with Crippen molar-refractivity contribution >= 4 is 14.5 Å². The van der Waals surface area contributed by atoms with E-state index in [4.69, 9.17) is 13.9 Å². The van der Waals surface area contributed by atoms with Crippen LogP contribution in [0.1, 0.15) is 107 Å². The fraction of sp³-hybridized carbons (Fsp3) is 0.806. The van der Waals surface area contributed by atoms with Crippen molar-refractivity contribution in [2.45, 2.75) is 130 Å². The molecule has 0 amide bonds. The van der Waals surface area contributed by atoms with E-state index in [0.29, 0.717) is 22.7 Å². The van der Waals surface area contributed by atoms with E-state index < -0.39 is 20.1 Å². The lowest BCUT2D eigenvalue weighted by Gasteiger charge is -2.54. The van der Waals surface area contributed by atoms with Gasteiger partial charge in [0.2, 0.25) is 0 Å². The Bertz CT molecular complexity index is 1020. The Morgan fingerprint density at radius 2 is 1.73 bits per heavy atom. The van der Waals surface area contributed by atoms with Gasteiger partial charge in [-0.2, -0.15) is 0 Å². The second kappa shape index (κ2) is 12.7. The predicted octanol–water partition coefficient (Wildman–Crippen LogP) is 10.3. The van der Waals surface area contributed by atoms with E-state index in [-0.39, 0.29) is 12.5 Å². The number of carbonyl (C=O) groups excluding carboxylic acids is 1. The van der Waals surface area contributed by atoms with E-state index in [2.05, 4.69) is 79.7 Å². The molecule has 4 aliphatic rings. The molecule has 4 rings (SSSR count). The van der Waals surface area contributed by atoms with Crippen LogP contribution in [-0.4, -0.2) is 33.8 Å². The highest BCUT2D eigenvalue weighted by molar-refractivity contribution is 6.73. The second-order valence-corrected chi connectivity index (χ2v) is 19.4. The smallest absolute Gasteiger partial charge is 0.438 e. The van der Waals surface area contributed by atoms with E-state index in [1.54, 1.807) is 11.1 Å². The van der Waals surface area contributed by atoms with Crippen LogP contribution in [0.5, 0.6) is 0 Å². The van der Waals surface area contributed by atoms with Gasteiger partial charge in [0, 0.05) is 5.92 Å². The predicted molar refractivity (Wildman–Crippen MR) is 172 cm³/mol. The van der Waals surface area contributed by atoms with Crippen LogP contribution in [-0.2, 0) is 13.9 Å². The molecular formula is C36H60O4Si. The molecule has 1 unspecified atom stereocenters. The zero-order chi connectivity index (χ0) is 30.1. The molecule has 41 heavy (non-hydrogen) atoms. The number of ether oxygens (including phenoxy) is 2. The van der Waals surface area contributed by atoms with Gasteiger partial charge in [0.05, 0.1) is 12.7 Å². The summed E-state index contributed by atoms with van der Waals surface area (Å²) in [7, 11) is -0.560. The highest BCUT2D eigenvalue weighted by atomic mass is 28.4. The van der Waals surface area contributed by atoms with Crippen LogP contribution in [0.3, 0.4) is 0 Å². The summed E-state index contributed by atoms with van der Waals surface area (Å²) in [4.78, 5) is 11.9. The van der Waals surface area contributed by atoms with Gasteiger partial charge in [-0.05, 0) is 105 Å². The van der Waals surface area contributed by atoms with Gasteiger partial charge >= 0.3 is 6.16 Å². The third-order valence-corrected chi connectivity index (χ3v) is 17.7. The second-order valence-electron chi connectivity index (χ2n) is 14.8. The lowest BCUT2D eigenvalue weighted by molar-refractivity contribution is -0.0364. The first-order valence-electron chi connectivity index (χ1n) is 16.9. The van der Waals surface area contributed by atoms with Crippen LogP contribution < -0.4 is 0 Å². The number of methoxy groups -OCH3 is 1. The van der Waals surface area contributed by atoms with Gasteiger partial charge in [0.15, 0.2) is 8.32 Å². The maximum Gasteiger partial charge on any atom is 0.508 e. The molecule has 4 nitrogen and oxygen atoms in total. The third-order valence-electron chi connectivity index (χ3n) is 12.9. The van der Waals surface area contributed by atoms with Gasteiger partial charge < -0.3 is 13.9 Å². The van der Waals surface area contributed by atoms with Crippen LogP contribution in [0, 0.1) is 40.4 Å². The summed E-state index contributed by atoms with van der Waals surface area (Å²) < 4.78 is 17.4. The fourth-order valence-corrected chi connectivity index (χ4v) is 12.8. The molecule has 0 aromatic heterocycles. The molecule has 0 N–H and O–H groups in total. The SMILES string of the molecule is CC[Si](CC)(CC)OC(C)(COC(=O)OC)[C@@H](C)C=C[C@@H](C)[C@H]1CC[C@H]2C3=CC=C4CCCC[C@]4(C)[C@H]3CC[C@]12C. The molecule has 8 atom stereocenters. The number of fused-ring (bicyclic) bond motifs is 5. The summed E-state index contributed by atoms with van der Waals surface area (Å²) in [6, 6.07) is 3.19. The van der Waals surface area contributed by atoms with E-state index in [0.717, 1.165) is 30.0 Å². The number of allylic oxidation sites excluding steroid dienone is 5. The molecule has 0 bridgehead atoms. The van der Waals surface area contributed by atoms with Crippen molar-refractivity contribution in [3.8, 4) is 0 Å². The summed E-state index contributed by atoms with van der Waals surface area (Å²) >= 11 is 0. The van der Waals surface area contributed by atoms with Crippen molar-refractivity contribution in [2.24, 2.45) is 40.4 Å².